The molecule has 0 radical (unpaired) electrons. The number of nitrogens with one attached hydrogen (secondary N) is 2. The van der Waals surface area contributed by atoms with Gasteiger partial charge in [-0.15, -0.1) is 0 Å². The first kappa shape index (κ1) is 17.9. The van der Waals surface area contributed by atoms with Crippen molar-refractivity contribution in [3.8, 4) is 0 Å². The summed E-state index contributed by atoms with van der Waals surface area (Å²) in [6, 6.07) is 13.6. The number of ether oxygens (including phenoxy) is 1. The van der Waals surface area contributed by atoms with E-state index < -0.39 is 0 Å². The zero-order valence-electron chi connectivity index (χ0n) is 15.3. The third kappa shape index (κ3) is 4.28. The van der Waals surface area contributed by atoms with Gasteiger partial charge < -0.3 is 19.9 Å². The van der Waals surface area contributed by atoms with Crippen LogP contribution in [0.5, 0.6) is 0 Å². The molecule has 1 saturated heterocycles. The number of benzene rings is 1. The third-order valence-electron chi connectivity index (χ3n) is 5.39. The van der Waals surface area contributed by atoms with Crippen molar-refractivity contribution in [2.24, 2.45) is 0 Å². The van der Waals surface area contributed by atoms with Gasteiger partial charge in [0.15, 0.2) is 0 Å². The van der Waals surface area contributed by atoms with Gasteiger partial charge in [-0.25, -0.2) is 0 Å². The van der Waals surface area contributed by atoms with Crippen molar-refractivity contribution < 1.29 is 9.53 Å². The second-order valence-corrected chi connectivity index (χ2v) is 7.35. The summed E-state index contributed by atoms with van der Waals surface area (Å²) < 4.78 is 7.23. The molecule has 1 aliphatic carbocycles. The van der Waals surface area contributed by atoms with Crippen LogP contribution in [0, 0.1) is 0 Å². The fourth-order valence-corrected chi connectivity index (χ4v) is 3.77. The van der Waals surface area contributed by atoms with Crippen molar-refractivity contribution in [3.63, 3.8) is 0 Å². The van der Waals surface area contributed by atoms with Crippen molar-refractivity contribution in [1.29, 1.82) is 0 Å². The number of hydrogen-bond acceptors (Lipinski definition) is 4. The maximum Gasteiger partial charge on any atom is 0.252 e. The van der Waals surface area contributed by atoms with E-state index in [0.717, 1.165) is 19.4 Å². The maximum atomic E-state index is 12.6. The minimum absolute atomic E-state index is 0.0481. The molecule has 0 bridgehead atoms. The molecule has 2 aliphatic rings. The van der Waals surface area contributed by atoms with E-state index in [1.165, 1.54) is 11.6 Å². The number of rotatable bonds is 5. The number of aromatic nitrogens is 1. The highest BCUT2D eigenvalue weighted by Crippen LogP contribution is 2.36. The summed E-state index contributed by atoms with van der Waals surface area (Å²) >= 11 is 0. The molecule has 1 aromatic heterocycles. The fraction of sp³-hybridized carbons (Fsp3) is 0.429. The van der Waals surface area contributed by atoms with E-state index >= 15 is 0 Å². The summed E-state index contributed by atoms with van der Waals surface area (Å²) in [5, 5.41) is 6.34. The van der Waals surface area contributed by atoms with E-state index in [-0.39, 0.29) is 23.6 Å². The second kappa shape index (κ2) is 8.06. The van der Waals surface area contributed by atoms with Crippen LogP contribution in [0.25, 0.3) is 0 Å². The van der Waals surface area contributed by atoms with Gasteiger partial charge in [-0.1, -0.05) is 30.3 Å². The van der Waals surface area contributed by atoms with Crippen molar-refractivity contribution in [2.45, 2.75) is 37.5 Å². The molecule has 2 heterocycles. The van der Waals surface area contributed by atoms with Gasteiger partial charge in [0.1, 0.15) is 0 Å². The summed E-state index contributed by atoms with van der Waals surface area (Å²) in [4.78, 5) is 24.7. The fourth-order valence-electron chi connectivity index (χ4n) is 3.77. The van der Waals surface area contributed by atoms with Gasteiger partial charge in [0.05, 0.1) is 24.8 Å². The minimum Gasteiger partial charge on any atom is -0.374 e. The number of nitrogens with zero attached hydrogens (tertiary/aromatic N) is 1. The smallest absolute Gasteiger partial charge is 0.252 e. The van der Waals surface area contributed by atoms with Gasteiger partial charge in [0.2, 0.25) is 0 Å². The highest BCUT2D eigenvalue weighted by Gasteiger charge is 2.31. The van der Waals surface area contributed by atoms with Gasteiger partial charge in [0.25, 0.3) is 11.5 Å². The minimum atomic E-state index is -0.122. The van der Waals surface area contributed by atoms with E-state index in [0.29, 0.717) is 31.2 Å². The Hall–Kier alpha value is -2.44. The first-order valence-electron chi connectivity index (χ1n) is 9.57. The van der Waals surface area contributed by atoms with E-state index in [1.807, 2.05) is 6.07 Å². The topological polar surface area (TPSA) is 72.4 Å². The molecular weight excluding hydrogens is 342 g/mol. The molecule has 4 rings (SSSR count). The molecule has 0 spiro atoms. The van der Waals surface area contributed by atoms with Crippen LogP contribution in [0.4, 0.5) is 0 Å². The molecule has 0 unspecified atom stereocenters. The molecule has 1 atom stereocenters. The summed E-state index contributed by atoms with van der Waals surface area (Å²) in [5.74, 6) is 0.393. The zero-order chi connectivity index (χ0) is 18.6. The lowest BCUT2D eigenvalue weighted by molar-refractivity contribution is 0.0176. The summed E-state index contributed by atoms with van der Waals surface area (Å²) in [5.41, 5.74) is 1.73. The highest BCUT2D eigenvalue weighted by molar-refractivity contribution is 5.94. The Bertz CT molecular complexity index is 837. The number of pyridine rings is 1. The van der Waals surface area contributed by atoms with Crippen molar-refractivity contribution in [2.75, 3.05) is 19.7 Å². The Morgan fingerprint density at radius 2 is 2.00 bits per heavy atom. The third-order valence-corrected chi connectivity index (χ3v) is 5.39. The molecule has 2 aromatic rings. The van der Waals surface area contributed by atoms with Gasteiger partial charge in [0, 0.05) is 31.4 Å². The maximum absolute atomic E-state index is 12.6. The average Bonchev–Trinajstić information content (AvgIpc) is 2.67. The Kier molecular flexibility index (Phi) is 5.36. The highest BCUT2D eigenvalue weighted by atomic mass is 16.5. The van der Waals surface area contributed by atoms with Gasteiger partial charge >= 0.3 is 0 Å². The summed E-state index contributed by atoms with van der Waals surface area (Å²) in [6.07, 6.45) is 3.50. The average molecular weight is 367 g/mol. The van der Waals surface area contributed by atoms with Crippen LogP contribution in [0.15, 0.2) is 53.5 Å². The molecule has 6 nitrogen and oxygen atoms in total. The molecule has 2 N–H and O–H groups in total. The predicted octanol–water partition coefficient (Wildman–Crippen LogP) is 1.51. The predicted molar refractivity (Wildman–Crippen MR) is 103 cm³/mol. The molecule has 6 heteroatoms. The van der Waals surface area contributed by atoms with Crippen LogP contribution in [0.1, 0.15) is 34.7 Å². The largest absolute Gasteiger partial charge is 0.374 e. The number of morpholine rings is 1. The number of hydrogen-bond donors (Lipinski definition) is 2. The molecular formula is C21H25N3O3. The molecule has 1 amide bonds. The lowest BCUT2D eigenvalue weighted by Crippen LogP contribution is -2.44. The molecule has 1 saturated carbocycles. The Morgan fingerprint density at radius 1 is 1.19 bits per heavy atom. The molecule has 27 heavy (non-hydrogen) atoms. The number of carbonyl (C=O) groups is 1. The normalized spacial score (nSPS) is 24.8. The molecule has 1 aliphatic heterocycles. The van der Waals surface area contributed by atoms with Gasteiger partial charge in [-0.2, -0.15) is 0 Å². The lowest BCUT2D eigenvalue weighted by Gasteiger charge is -2.36. The van der Waals surface area contributed by atoms with Crippen LogP contribution in [-0.2, 0) is 11.3 Å². The van der Waals surface area contributed by atoms with E-state index in [4.69, 9.17) is 4.74 Å². The first-order valence-corrected chi connectivity index (χ1v) is 9.57. The Morgan fingerprint density at radius 3 is 2.74 bits per heavy atom. The van der Waals surface area contributed by atoms with Crippen LogP contribution in [0.2, 0.25) is 0 Å². The molecule has 2 fully saturated rings. The van der Waals surface area contributed by atoms with Crippen molar-refractivity contribution in [1.82, 2.24) is 15.2 Å². The van der Waals surface area contributed by atoms with Crippen LogP contribution < -0.4 is 16.2 Å². The number of amides is 1. The first-order chi connectivity index (χ1) is 13.2. The van der Waals surface area contributed by atoms with E-state index in [9.17, 15) is 9.59 Å². The summed E-state index contributed by atoms with van der Waals surface area (Å²) in [7, 11) is 0. The Balaban J connectivity index is 1.35. The number of carbonyl (C=O) groups excluding carboxylic acids is 1. The quantitative estimate of drug-likeness (QED) is 0.840. The monoisotopic (exact) mass is 367 g/mol. The standard InChI is InChI=1S/C21H25N3O3/c25-20-7-6-16(13-24(20)14-19-12-22-8-9-27-19)21(26)23-18-10-17(11-18)15-4-2-1-3-5-15/h1-7,13,17-19,22H,8-12,14H2,(H,23,26)/t17?,18?,19-/m0/s1. The van der Waals surface area contributed by atoms with Crippen molar-refractivity contribution in [3.05, 3.63) is 70.1 Å². The molecule has 142 valence electrons. The SMILES string of the molecule is O=C(NC1CC(c2ccccc2)C1)c1ccc(=O)n(C[C@@H]2CNCCO2)c1. The van der Waals surface area contributed by atoms with Crippen LogP contribution in [0.3, 0.4) is 0 Å². The second-order valence-electron chi connectivity index (χ2n) is 7.35. The van der Waals surface area contributed by atoms with Crippen LogP contribution >= 0.6 is 0 Å². The Labute approximate surface area is 158 Å². The van der Waals surface area contributed by atoms with Crippen LogP contribution in [-0.4, -0.2) is 42.3 Å². The van der Waals surface area contributed by atoms with E-state index in [2.05, 4.69) is 34.9 Å². The van der Waals surface area contributed by atoms with Gasteiger partial charge in [-0.05, 0) is 30.4 Å². The summed E-state index contributed by atoms with van der Waals surface area (Å²) in [6.45, 7) is 2.64. The van der Waals surface area contributed by atoms with Crippen molar-refractivity contribution >= 4 is 5.91 Å². The van der Waals surface area contributed by atoms with Gasteiger partial charge in [-0.3, -0.25) is 9.59 Å². The lowest BCUT2D eigenvalue weighted by atomic mass is 9.76. The van der Waals surface area contributed by atoms with E-state index in [1.54, 1.807) is 16.8 Å². The molecule has 1 aromatic carbocycles. The zero-order valence-corrected chi connectivity index (χ0v) is 15.3.